The molecule has 3 nitrogen and oxygen atoms in total. The van der Waals surface area contributed by atoms with Crippen LogP contribution in [0, 0.1) is 11.3 Å². The molecule has 1 rings (SSSR count). The van der Waals surface area contributed by atoms with Gasteiger partial charge in [0.25, 0.3) is 0 Å². The number of nitrogens with zero attached hydrogens (tertiary/aromatic N) is 1. The van der Waals surface area contributed by atoms with E-state index in [2.05, 4.69) is 6.07 Å². The number of aliphatic hydroxyl groups is 1. The summed E-state index contributed by atoms with van der Waals surface area (Å²) in [4.78, 5) is 0. The Labute approximate surface area is 60.4 Å². The zero-order valence-corrected chi connectivity index (χ0v) is 5.88. The van der Waals surface area contributed by atoms with Crippen LogP contribution < -0.4 is 5.73 Å². The number of nitrogens with two attached hydrogens (primary N) is 1. The Morgan fingerprint density at radius 1 is 1.50 bits per heavy atom. The second kappa shape index (κ2) is 2.57. The van der Waals surface area contributed by atoms with Gasteiger partial charge in [0.1, 0.15) is 5.54 Å². The lowest BCUT2D eigenvalue weighted by molar-refractivity contribution is 0.111. The van der Waals surface area contributed by atoms with Crippen LogP contribution in [-0.4, -0.2) is 16.7 Å². The van der Waals surface area contributed by atoms with Gasteiger partial charge in [-0.15, -0.1) is 0 Å². The standard InChI is InChI=1S/C7H12N2O/c8-5-7(9)3-1-6(10)2-4-7/h6,10H,1-4,9H2. The van der Waals surface area contributed by atoms with Crippen LogP contribution in [0.4, 0.5) is 0 Å². The van der Waals surface area contributed by atoms with E-state index in [1.54, 1.807) is 0 Å². The first-order chi connectivity index (χ1) is 4.66. The van der Waals surface area contributed by atoms with Crippen molar-refractivity contribution in [3.8, 4) is 6.07 Å². The average molecular weight is 140 g/mol. The zero-order chi connectivity index (χ0) is 7.61. The summed E-state index contributed by atoms with van der Waals surface area (Å²) in [5, 5.41) is 17.7. The third-order valence-electron chi connectivity index (χ3n) is 2.07. The van der Waals surface area contributed by atoms with E-state index in [0.29, 0.717) is 25.7 Å². The van der Waals surface area contributed by atoms with E-state index in [-0.39, 0.29) is 6.10 Å². The lowest BCUT2D eigenvalue weighted by atomic mass is 9.82. The van der Waals surface area contributed by atoms with Gasteiger partial charge in [0, 0.05) is 0 Å². The Kier molecular flexibility index (Phi) is 1.93. The number of hydrogen-bond donors (Lipinski definition) is 2. The predicted octanol–water partition coefficient (Wildman–Crippen LogP) is 0.142. The second-order valence-electron chi connectivity index (χ2n) is 3.00. The molecule has 0 atom stereocenters. The molecule has 0 radical (unpaired) electrons. The maximum absolute atomic E-state index is 9.07. The van der Waals surface area contributed by atoms with Crippen molar-refractivity contribution in [3.05, 3.63) is 0 Å². The van der Waals surface area contributed by atoms with Gasteiger partial charge >= 0.3 is 0 Å². The highest BCUT2D eigenvalue weighted by Crippen LogP contribution is 2.25. The molecular weight excluding hydrogens is 128 g/mol. The van der Waals surface area contributed by atoms with Crippen molar-refractivity contribution in [1.82, 2.24) is 0 Å². The molecule has 1 fully saturated rings. The van der Waals surface area contributed by atoms with Crippen molar-refractivity contribution in [3.63, 3.8) is 0 Å². The third kappa shape index (κ3) is 1.47. The number of hydrogen-bond acceptors (Lipinski definition) is 3. The summed E-state index contributed by atoms with van der Waals surface area (Å²) in [5.41, 5.74) is 4.99. The van der Waals surface area contributed by atoms with Gasteiger partial charge in [-0.3, -0.25) is 0 Å². The molecule has 0 bridgehead atoms. The lowest BCUT2D eigenvalue weighted by Crippen LogP contribution is -2.42. The molecule has 1 aliphatic carbocycles. The van der Waals surface area contributed by atoms with Crippen molar-refractivity contribution < 1.29 is 5.11 Å². The van der Waals surface area contributed by atoms with Crippen LogP contribution in [0.3, 0.4) is 0 Å². The maximum atomic E-state index is 9.07. The van der Waals surface area contributed by atoms with Gasteiger partial charge < -0.3 is 10.8 Å². The fourth-order valence-electron chi connectivity index (χ4n) is 1.23. The number of rotatable bonds is 0. The van der Waals surface area contributed by atoms with Gasteiger partial charge in [-0.25, -0.2) is 0 Å². The third-order valence-corrected chi connectivity index (χ3v) is 2.07. The van der Waals surface area contributed by atoms with Crippen molar-refractivity contribution in [2.45, 2.75) is 37.3 Å². The van der Waals surface area contributed by atoms with E-state index in [4.69, 9.17) is 16.1 Å². The van der Waals surface area contributed by atoms with Gasteiger partial charge in [0.15, 0.2) is 0 Å². The normalized spacial score (nSPS) is 40.7. The summed E-state index contributed by atoms with van der Waals surface area (Å²) in [7, 11) is 0. The van der Waals surface area contributed by atoms with E-state index in [9.17, 15) is 0 Å². The molecule has 0 saturated heterocycles. The van der Waals surface area contributed by atoms with E-state index in [0.717, 1.165) is 0 Å². The summed E-state index contributed by atoms with van der Waals surface area (Å²) in [6, 6.07) is 2.07. The van der Waals surface area contributed by atoms with Gasteiger partial charge in [-0.05, 0) is 25.7 Å². The Morgan fingerprint density at radius 2 is 2.00 bits per heavy atom. The maximum Gasteiger partial charge on any atom is 0.104 e. The molecule has 1 saturated carbocycles. The molecule has 0 heterocycles. The molecule has 0 unspecified atom stereocenters. The first-order valence-electron chi connectivity index (χ1n) is 3.54. The molecule has 0 spiro atoms. The SMILES string of the molecule is N#CC1(N)CCC(O)CC1. The molecule has 0 aromatic carbocycles. The van der Waals surface area contributed by atoms with Crippen LogP contribution in [0.15, 0.2) is 0 Å². The quantitative estimate of drug-likeness (QED) is 0.503. The predicted molar refractivity (Wildman–Crippen MR) is 37.0 cm³/mol. The topological polar surface area (TPSA) is 70.0 Å². The van der Waals surface area contributed by atoms with Crippen molar-refractivity contribution in [2.75, 3.05) is 0 Å². The molecule has 3 N–H and O–H groups in total. The van der Waals surface area contributed by atoms with Crippen LogP contribution in [-0.2, 0) is 0 Å². The molecule has 0 amide bonds. The Bertz CT molecular complexity index is 153. The van der Waals surface area contributed by atoms with E-state index < -0.39 is 5.54 Å². The van der Waals surface area contributed by atoms with Crippen molar-refractivity contribution in [2.24, 2.45) is 5.73 Å². The molecule has 56 valence electrons. The lowest BCUT2D eigenvalue weighted by Gasteiger charge is -2.28. The minimum atomic E-state index is -0.654. The fourth-order valence-corrected chi connectivity index (χ4v) is 1.23. The molecule has 0 aromatic rings. The van der Waals surface area contributed by atoms with Crippen LogP contribution in [0.5, 0.6) is 0 Å². The Balaban J connectivity index is 2.48. The minimum absolute atomic E-state index is 0.231. The van der Waals surface area contributed by atoms with Crippen LogP contribution >= 0.6 is 0 Å². The molecule has 3 heteroatoms. The highest BCUT2D eigenvalue weighted by Gasteiger charge is 2.30. The number of aliphatic hydroxyl groups excluding tert-OH is 1. The van der Waals surface area contributed by atoms with Crippen molar-refractivity contribution in [1.29, 1.82) is 5.26 Å². The average Bonchev–Trinajstić information content (AvgIpc) is 1.96. The van der Waals surface area contributed by atoms with Gasteiger partial charge in [-0.2, -0.15) is 5.26 Å². The molecule has 0 aromatic heterocycles. The highest BCUT2D eigenvalue weighted by molar-refractivity contribution is 5.06. The van der Waals surface area contributed by atoms with Gasteiger partial charge in [0.2, 0.25) is 0 Å². The first-order valence-corrected chi connectivity index (χ1v) is 3.54. The fraction of sp³-hybridized carbons (Fsp3) is 0.857. The van der Waals surface area contributed by atoms with Crippen molar-refractivity contribution >= 4 is 0 Å². The summed E-state index contributed by atoms with van der Waals surface area (Å²) in [6.07, 6.45) is 2.37. The second-order valence-corrected chi connectivity index (χ2v) is 3.00. The number of nitriles is 1. The largest absolute Gasteiger partial charge is 0.393 e. The highest BCUT2D eigenvalue weighted by atomic mass is 16.3. The summed E-state index contributed by atoms with van der Waals surface area (Å²) in [6.45, 7) is 0. The summed E-state index contributed by atoms with van der Waals surface area (Å²) < 4.78 is 0. The Morgan fingerprint density at radius 3 is 2.40 bits per heavy atom. The van der Waals surface area contributed by atoms with E-state index in [1.165, 1.54) is 0 Å². The van der Waals surface area contributed by atoms with Gasteiger partial charge in [0.05, 0.1) is 12.2 Å². The van der Waals surface area contributed by atoms with Crippen LogP contribution in [0.25, 0.3) is 0 Å². The van der Waals surface area contributed by atoms with Crippen LogP contribution in [0.1, 0.15) is 25.7 Å². The smallest absolute Gasteiger partial charge is 0.104 e. The first kappa shape index (κ1) is 7.52. The van der Waals surface area contributed by atoms with Gasteiger partial charge in [-0.1, -0.05) is 0 Å². The summed E-state index contributed by atoms with van der Waals surface area (Å²) in [5.74, 6) is 0. The zero-order valence-electron chi connectivity index (χ0n) is 5.88. The monoisotopic (exact) mass is 140 g/mol. The summed E-state index contributed by atoms with van der Waals surface area (Å²) >= 11 is 0. The Hall–Kier alpha value is -0.590. The molecular formula is C7H12N2O. The molecule has 10 heavy (non-hydrogen) atoms. The van der Waals surface area contributed by atoms with E-state index >= 15 is 0 Å². The van der Waals surface area contributed by atoms with Crippen LogP contribution in [0.2, 0.25) is 0 Å². The van der Waals surface area contributed by atoms with E-state index in [1.807, 2.05) is 0 Å². The molecule has 0 aliphatic heterocycles. The molecule has 1 aliphatic rings. The minimum Gasteiger partial charge on any atom is -0.393 e.